The van der Waals surface area contributed by atoms with E-state index < -0.39 is 30.8 Å². The Labute approximate surface area is 108 Å². The Morgan fingerprint density at radius 3 is 2.95 bits per heavy atom. The van der Waals surface area contributed by atoms with Crippen molar-refractivity contribution in [2.45, 2.75) is 24.2 Å². The van der Waals surface area contributed by atoms with E-state index in [1.807, 2.05) is 0 Å². The standard InChI is InChI=1S/C11H14N4O4/c12-11(4-16)9(18)8(17)10(19-11)15-5-14-6-3-13-2-1-7(6)15/h1-3,5,8-10,16-18H,4,12H2/t8-,9+,10-,11-/m1/s1. The molecule has 0 spiro atoms. The number of rotatable bonds is 2. The summed E-state index contributed by atoms with van der Waals surface area (Å²) in [4.78, 5) is 8.06. The van der Waals surface area contributed by atoms with Crippen LogP contribution >= 0.6 is 0 Å². The van der Waals surface area contributed by atoms with Gasteiger partial charge in [-0.3, -0.25) is 10.7 Å². The second-order valence-electron chi connectivity index (χ2n) is 4.57. The maximum Gasteiger partial charge on any atom is 0.171 e. The van der Waals surface area contributed by atoms with E-state index in [1.165, 1.54) is 6.33 Å². The lowest BCUT2D eigenvalue weighted by atomic mass is 10.1. The fourth-order valence-corrected chi connectivity index (χ4v) is 2.25. The van der Waals surface area contributed by atoms with Crippen LogP contribution in [0.1, 0.15) is 6.23 Å². The van der Waals surface area contributed by atoms with Crippen LogP contribution in [0.15, 0.2) is 24.8 Å². The zero-order chi connectivity index (χ0) is 13.6. The van der Waals surface area contributed by atoms with Crippen LogP contribution in [0.3, 0.4) is 0 Å². The lowest BCUT2D eigenvalue weighted by Crippen LogP contribution is -2.54. The summed E-state index contributed by atoms with van der Waals surface area (Å²) in [6, 6.07) is 1.71. The molecule has 0 saturated carbocycles. The minimum Gasteiger partial charge on any atom is -0.392 e. The summed E-state index contributed by atoms with van der Waals surface area (Å²) in [5, 5.41) is 29.1. The fraction of sp³-hybridized carbons (Fsp3) is 0.455. The van der Waals surface area contributed by atoms with E-state index in [0.29, 0.717) is 11.0 Å². The Morgan fingerprint density at radius 2 is 2.26 bits per heavy atom. The zero-order valence-corrected chi connectivity index (χ0v) is 9.92. The first-order valence-electron chi connectivity index (χ1n) is 5.77. The molecule has 2 aromatic heterocycles. The minimum atomic E-state index is -1.69. The summed E-state index contributed by atoms with van der Waals surface area (Å²) in [6.07, 6.45) is 1.06. The molecule has 8 heteroatoms. The van der Waals surface area contributed by atoms with Gasteiger partial charge in [-0.2, -0.15) is 0 Å². The molecule has 3 heterocycles. The Kier molecular flexibility index (Phi) is 2.77. The van der Waals surface area contributed by atoms with Crippen LogP contribution < -0.4 is 5.73 Å². The molecule has 3 rings (SSSR count). The largest absolute Gasteiger partial charge is 0.392 e. The van der Waals surface area contributed by atoms with Crippen LogP contribution in [0.25, 0.3) is 11.0 Å². The molecule has 102 valence electrons. The van der Waals surface area contributed by atoms with Gasteiger partial charge in [-0.1, -0.05) is 0 Å². The first-order valence-corrected chi connectivity index (χ1v) is 5.77. The van der Waals surface area contributed by atoms with Gasteiger partial charge in [0.1, 0.15) is 17.7 Å². The van der Waals surface area contributed by atoms with Gasteiger partial charge in [-0.25, -0.2) is 4.98 Å². The van der Waals surface area contributed by atoms with Crippen LogP contribution in [-0.4, -0.2) is 54.4 Å². The molecule has 0 bridgehead atoms. The average molecular weight is 266 g/mol. The molecule has 8 nitrogen and oxygen atoms in total. The SMILES string of the molecule is N[C@]1(CO)O[C@@H](n2cnc3cnccc32)[C@H](O)[C@@H]1O. The van der Waals surface area contributed by atoms with Gasteiger partial charge in [-0.15, -0.1) is 0 Å². The number of aromatic nitrogens is 3. The minimum absolute atomic E-state index is 0.601. The first-order chi connectivity index (χ1) is 9.07. The first kappa shape index (κ1) is 12.5. The number of hydrogen-bond acceptors (Lipinski definition) is 7. The Hall–Kier alpha value is -1.58. The van der Waals surface area contributed by atoms with Crippen LogP contribution in [0.2, 0.25) is 0 Å². The third-order valence-corrected chi connectivity index (χ3v) is 3.35. The Morgan fingerprint density at radius 1 is 1.47 bits per heavy atom. The van der Waals surface area contributed by atoms with Crippen molar-refractivity contribution in [2.24, 2.45) is 5.73 Å². The predicted molar refractivity (Wildman–Crippen MR) is 63.7 cm³/mol. The number of nitrogens with two attached hydrogens (primary N) is 1. The van der Waals surface area contributed by atoms with Gasteiger partial charge in [0.15, 0.2) is 12.0 Å². The molecule has 1 aliphatic heterocycles. The number of aliphatic hydroxyl groups excluding tert-OH is 3. The van der Waals surface area contributed by atoms with Crippen molar-refractivity contribution in [1.82, 2.24) is 14.5 Å². The highest BCUT2D eigenvalue weighted by molar-refractivity contribution is 5.73. The van der Waals surface area contributed by atoms with Gasteiger partial charge in [0.05, 0.1) is 24.6 Å². The van der Waals surface area contributed by atoms with E-state index in [-0.39, 0.29) is 0 Å². The van der Waals surface area contributed by atoms with Crippen molar-refractivity contribution in [1.29, 1.82) is 0 Å². The quantitative estimate of drug-likeness (QED) is 0.512. The summed E-state index contributed by atoms with van der Waals surface area (Å²) < 4.78 is 6.96. The van der Waals surface area contributed by atoms with Crippen LogP contribution in [0.4, 0.5) is 0 Å². The summed E-state index contributed by atoms with van der Waals surface area (Å²) in [6.45, 7) is -0.601. The second-order valence-corrected chi connectivity index (χ2v) is 4.57. The van der Waals surface area contributed by atoms with E-state index in [9.17, 15) is 15.3 Å². The molecule has 1 fully saturated rings. The van der Waals surface area contributed by atoms with Gasteiger partial charge in [0, 0.05) is 6.20 Å². The van der Waals surface area contributed by atoms with Gasteiger partial charge in [0.2, 0.25) is 0 Å². The predicted octanol–water partition coefficient (Wildman–Crippen LogP) is -1.67. The van der Waals surface area contributed by atoms with Gasteiger partial charge < -0.3 is 24.6 Å². The van der Waals surface area contributed by atoms with E-state index >= 15 is 0 Å². The number of nitrogens with zero attached hydrogens (tertiary/aromatic N) is 3. The van der Waals surface area contributed by atoms with Gasteiger partial charge in [-0.05, 0) is 6.07 Å². The van der Waals surface area contributed by atoms with Crippen LogP contribution in [0, 0.1) is 0 Å². The third kappa shape index (κ3) is 1.73. The molecule has 0 aromatic carbocycles. The molecule has 0 aliphatic carbocycles. The van der Waals surface area contributed by atoms with Crippen LogP contribution in [0.5, 0.6) is 0 Å². The fourth-order valence-electron chi connectivity index (χ4n) is 2.25. The highest BCUT2D eigenvalue weighted by Crippen LogP contribution is 2.35. The second kappa shape index (κ2) is 4.22. The number of pyridine rings is 1. The topological polar surface area (TPSA) is 127 Å². The maximum atomic E-state index is 10.0. The molecule has 5 N–H and O–H groups in total. The number of ether oxygens (including phenoxy) is 1. The van der Waals surface area contributed by atoms with Gasteiger partial charge in [0.25, 0.3) is 0 Å². The maximum absolute atomic E-state index is 10.0. The average Bonchev–Trinajstić information content (AvgIpc) is 2.95. The monoisotopic (exact) mass is 266 g/mol. The number of hydrogen-bond donors (Lipinski definition) is 4. The van der Waals surface area contributed by atoms with Crippen molar-refractivity contribution in [3.63, 3.8) is 0 Å². The van der Waals surface area contributed by atoms with Crippen molar-refractivity contribution in [3.05, 3.63) is 24.8 Å². The lowest BCUT2D eigenvalue weighted by Gasteiger charge is -2.24. The van der Waals surface area contributed by atoms with E-state index in [0.717, 1.165) is 0 Å². The molecule has 19 heavy (non-hydrogen) atoms. The lowest BCUT2D eigenvalue weighted by molar-refractivity contribution is -0.123. The molecule has 1 saturated heterocycles. The molecule has 1 aliphatic rings. The summed E-state index contributed by atoms with van der Waals surface area (Å²) in [5.41, 5.74) is 5.34. The summed E-state index contributed by atoms with van der Waals surface area (Å²) in [7, 11) is 0. The Balaban J connectivity index is 2.03. The molecular formula is C11H14N4O4. The summed E-state index contributed by atoms with van der Waals surface area (Å²) in [5.74, 6) is 0. The molecule has 0 amide bonds. The number of aliphatic hydroxyl groups is 3. The van der Waals surface area contributed by atoms with Crippen molar-refractivity contribution in [3.8, 4) is 0 Å². The van der Waals surface area contributed by atoms with Gasteiger partial charge >= 0.3 is 0 Å². The molecule has 0 radical (unpaired) electrons. The highest BCUT2D eigenvalue weighted by Gasteiger charge is 2.52. The number of fused-ring (bicyclic) bond motifs is 1. The van der Waals surface area contributed by atoms with E-state index in [2.05, 4.69) is 9.97 Å². The highest BCUT2D eigenvalue weighted by atomic mass is 16.6. The number of imidazole rings is 1. The van der Waals surface area contributed by atoms with E-state index in [1.54, 1.807) is 23.0 Å². The third-order valence-electron chi connectivity index (χ3n) is 3.35. The van der Waals surface area contributed by atoms with E-state index in [4.69, 9.17) is 10.5 Å². The summed E-state index contributed by atoms with van der Waals surface area (Å²) >= 11 is 0. The zero-order valence-electron chi connectivity index (χ0n) is 9.92. The van der Waals surface area contributed by atoms with Crippen molar-refractivity contribution < 1.29 is 20.1 Å². The molecular weight excluding hydrogens is 252 g/mol. The normalized spacial score (nSPS) is 35.1. The van der Waals surface area contributed by atoms with Crippen molar-refractivity contribution >= 4 is 11.0 Å². The molecule has 2 aromatic rings. The van der Waals surface area contributed by atoms with Crippen molar-refractivity contribution in [2.75, 3.05) is 6.61 Å². The molecule has 4 atom stereocenters. The van der Waals surface area contributed by atoms with Crippen LogP contribution in [-0.2, 0) is 4.74 Å². The smallest absolute Gasteiger partial charge is 0.171 e. The Bertz CT molecular complexity index is 603. The molecule has 0 unspecified atom stereocenters.